The van der Waals surface area contributed by atoms with E-state index in [0.29, 0.717) is 28.7 Å². The predicted molar refractivity (Wildman–Crippen MR) is 115 cm³/mol. The number of carbonyl (C=O) groups is 1. The van der Waals surface area contributed by atoms with Crippen LogP contribution in [-0.4, -0.2) is 41.0 Å². The van der Waals surface area contributed by atoms with Gasteiger partial charge in [-0.25, -0.2) is 4.98 Å². The molecule has 7 nitrogen and oxygen atoms in total. The van der Waals surface area contributed by atoms with Gasteiger partial charge in [0.2, 0.25) is 0 Å². The van der Waals surface area contributed by atoms with E-state index in [1.54, 1.807) is 42.7 Å². The third-order valence-corrected chi connectivity index (χ3v) is 5.02. The van der Waals surface area contributed by atoms with Crippen LogP contribution in [0.4, 0.5) is 0 Å². The Bertz CT molecular complexity index is 1210. The molecule has 2 heterocycles. The summed E-state index contributed by atoms with van der Waals surface area (Å²) in [6.07, 6.45) is 3.13. The molecule has 1 amide bonds. The number of hydrogen-bond donors (Lipinski definition) is 1. The summed E-state index contributed by atoms with van der Waals surface area (Å²) in [5, 5.41) is 3.49. The SMILES string of the molecule is CN(C)C(CNC(=O)c1ccc(-n2cnc3ccccc3c2=O)cc1)c1ccco1. The number of furan rings is 1. The van der Waals surface area contributed by atoms with Gasteiger partial charge in [-0.3, -0.25) is 19.1 Å². The highest BCUT2D eigenvalue weighted by Gasteiger charge is 2.18. The molecule has 0 aliphatic rings. The number of benzene rings is 2. The number of hydrogen-bond acceptors (Lipinski definition) is 5. The molecule has 0 bridgehead atoms. The predicted octanol–water partition coefficient (Wildman–Crippen LogP) is 3.01. The normalized spacial score (nSPS) is 12.2. The van der Waals surface area contributed by atoms with Gasteiger partial charge >= 0.3 is 0 Å². The minimum Gasteiger partial charge on any atom is -0.468 e. The van der Waals surface area contributed by atoms with Crippen LogP contribution in [0.5, 0.6) is 0 Å². The quantitative estimate of drug-likeness (QED) is 0.536. The van der Waals surface area contributed by atoms with Crippen LogP contribution in [0.15, 0.2) is 82.5 Å². The molecular formula is C23H22N4O3. The Hall–Kier alpha value is -3.71. The number of aromatic nitrogens is 2. The highest BCUT2D eigenvalue weighted by atomic mass is 16.3. The first kappa shape index (κ1) is 19.6. The number of nitrogens with zero attached hydrogens (tertiary/aromatic N) is 3. The largest absolute Gasteiger partial charge is 0.468 e. The summed E-state index contributed by atoms with van der Waals surface area (Å²) in [6, 6.07) is 17.7. The zero-order valence-corrected chi connectivity index (χ0v) is 16.8. The molecule has 152 valence electrons. The maximum atomic E-state index is 12.7. The smallest absolute Gasteiger partial charge is 0.265 e. The van der Waals surface area contributed by atoms with E-state index in [1.807, 2.05) is 43.3 Å². The lowest BCUT2D eigenvalue weighted by Gasteiger charge is -2.22. The Balaban J connectivity index is 1.50. The standard InChI is InChI=1S/C23H22N4O3/c1-26(2)20(21-8-5-13-30-21)14-24-22(28)16-9-11-17(12-10-16)27-15-25-19-7-4-3-6-18(19)23(27)29/h3-13,15,20H,14H2,1-2H3,(H,24,28). The Morgan fingerprint density at radius 2 is 1.87 bits per heavy atom. The molecule has 1 atom stereocenters. The Morgan fingerprint density at radius 1 is 1.10 bits per heavy atom. The van der Waals surface area contributed by atoms with Gasteiger partial charge in [-0.1, -0.05) is 12.1 Å². The lowest BCUT2D eigenvalue weighted by Crippen LogP contribution is -2.34. The van der Waals surface area contributed by atoms with Gasteiger partial charge < -0.3 is 9.73 Å². The van der Waals surface area contributed by atoms with Crippen LogP contribution in [0.1, 0.15) is 22.2 Å². The van der Waals surface area contributed by atoms with Gasteiger partial charge in [-0.05, 0) is 62.6 Å². The van der Waals surface area contributed by atoms with Crippen molar-refractivity contribution >= 4 is 16.8 Å². The van der Waals surface area contributed by atoms with E-state index in [4.69, 9.17) is 4.42 Å². The van der Waals surface area contributed by atoms with Crippen molar-refractivity contribution in [1.29, 1.82) is 0 Å². The van der Waals surface area contributed by atoms with E-state index in [2.05, 4.69) is 10.3 Å². The van der Waals surface area contributed by atoms with Gasteiger partial charge in [0.1, 0.15) is 12.1 Å². The second-order valence-electron chi connectivity index (χ2n) is 7.19. The average Bonchev–Trinajstić information content (AvgIpc) is 3.29. The van der Waals surface area contributed by atoms with E-state index in [1.165, 1.54) is 10.9 Å². The van der Waals surface area contributed by atoms with Gasteiger partial charge in [-0.2, -0.15) is 0 Å². The topological polar surface area (TPSA) is 80.4 Å². The first-order valence-corrected chi connectivity index (χ1v) is 9.59. The van der Waals surface area contributed by atoms with Crippen molar-refractivity contribution in [2.45, 2.75) is 6.04 Å². The number of carbonyl (C=O) groups excluding carboxylic acids is 1. The van der Waals surface area contributed by atoms with Gasteiger partial charge in [0, 0.05) is 12.1 Å². The summed E-state index contributed by atoms with van der Waals surface area (Å²) in [4.78, 5) is 31.6. The van der Waals surface area contributed by atoms with E-state index in [0.717, 1.165) is 5.76 Å². The third kappa shape index (κ3) is 3.88. The first-order valence-electron chi connectivity index (χ1n) is 9.59. The van der Waals surface area contributed by atoms with Crippen LogP contribution in [0.2, 0.25) is 0 Å². The fraction of sp³-hybridized carbons (Fsp3) is 0.174. The van der Waals surface area contributed by atoms with Gasteiger partial charge in [-0.15, -0.1) is 0 Å². The summed E-state index contributed by atoms with van der Waals surface area (Å²) < 4.78 is 6.95. The molecule has 1 N–H and O–H groups in total. The molecule has 0 saturated carbocycles. The van der Waals surface area contributed by atoms with Crippen LogP contribution in [0.3, 0.4) is 0 Å². The highest BCUT2D eigenvalue weighted by Crippen LogP contribution is 2.18. The highest BCUT2D eigenvalue weighted by molar-refractivity contribution is 5.94. The van der Waals surface area contributed by atoms with Crippen molar-refractivity contribution in [2.24, 2.45) is 0 Å². The third-order valence-electron chi connectivity index (χ3n) is 5.02. The fourth-order valence-corrected chi connectivity index (χ4v) is 3.34. The minimum atomic E-state index is -0.191. The molecule has 0 fully saturated rings. The lowest BCUT2D eigenvalue weighted by molar-refractivity contribution is 0.0939. The van der Waals surface area contributed by atoms with Crippen LogP contribution in [0.25, 0.3) is 16.6 Å². The summed E-state index contributed by atoms with van der Waals surface area (Å²) in [6.45, 7) is 0.412. The maximum absolute atomic E-state index is 12.7. The lowest BCUT2D eigenvalue weighted by atomic mass is 10.1. The first-order chi connectivity index (χ1) is 14.5. The van der Waals surface area contributed by atoms with Crippen LogP contribution >= 0.6 is 0 Å². The minimum absolute atomic E-state index is 0.0644. The van der Waals surface area contributed by atoms with Crippen LogP contribution in [0, 0.1) is 0 Å². The molecule has 0 radical (unpaired) electrons. The Kier molecular flexibility index (Phi) is 5.45. The van der Waals surface area contributed by atoms with Gasteiger partial charge in [0.25, 0.3) is 11.5 Å². The summed E-state index contributed by atoms with van der Waals surface area (Å²) >= 11 is 0. The number of nitrogens with one attached hydrogen (secondary N) is 1. The van der Waals surface area contributed by atoms with E-state index >= 15 is 0 Å². The van der Waals surface area contributed by atoms with Crippen molar-refractivity contribution in [1.82, 2.24) is 19.8 Å². The van der Waals surface area contributed by atoms with Crippen molar-refractivity contribution in [2.75, 3.05) is 20.6 Å². The van der Waals surface area contributed by atoms with Gasteiger partial charge in [0.15, 0.2) is 0 Å². The van der Waals surface area contributed by atoms with Crippen LogP contribution < -0.4 is 10.9 Å². The number of likely N-dealkylation sites (N-methyl/N-ethyl adjacent to an activating group) is 1. The molecular weight excluding hydrogens is 380 g/mol. The Morgan fingerprint density at radius 3 is 2.57 bits per heavy atom. The molecule has 2 aromatic heterocycles. The zero-order valence-electron chi connectivity index (χ0n) is 16.8. The van der Waals surface area contributed by atoms with Crippen molar-refractivity contribution in [3.8, 4) is 5.69 Å². The zero-order chi connectivity index (χ0) is 21.1. The number of fused-ring (bicyclic) bond motifs is 1. The molecule has 2 aromatic carbocycles. The number of amides is 1. The summed E-state index contributed by atoms with van der Waals surface area (Å²) in [5.41, 5.74) is 1.67. The van der Waals surface area contributed by atoms with Crippen molar-refractivity contribution in [3.05, 3.63) is 94.9 Å². The molecule has 0 aliphatic carbocycles. The molecule has 0 spiro atoms. The molecule has 0 saturated heterocycles. The molecule has 7 heteroatoms. The van der Waals surface area contributed by atoms with Crippen LogP contribution in [-0.2, 0) is 0 Å². The Labute approximate surface area is 173 Å². The molecule has 30 heavy (non-hydrogen) atoms. The number of para-hydroxylation sites is 1. The van der Waals surface area contributed by atoms with E-state index < -0.39 is 0 Å². The molecule has 1 unspecified atom stereocenters. The van der Waals surface area contributed by atoms with Crippen molar-refractivity contribution in [3.63, 3.8) is 0 Å². The average molecular weight is 402 g/mol. The molecule has 0 aliphatic heterocycles. The van der Waals surface area contributed by atoms with Crippen molar-refractivity contribution < 1.29 is 9.21 Å². The fourth-order valence-electron chi connectivity index (χ4n) is 3.34. The number of rotatable bonds is 6. The summed E-state index contributed by atoms with van der Waals surface area (Å²) in [7, 11) is 3.87. The molecule has 4 rings (SSSR count). The second kappa shape index (κ2) is 8.34. The molecule has 4 aromatic rings. The van der Waals surface area contributed by atoms with Gasteiger partial charge in [0.05, 0.1) is 28.9 Å². The summed E-state index contributed by atoms with van der Waals surface area (Å²) in [5.74, 6) is 0.600. The second-order valence-corrected chi connectivity index (χ2v) is 7.19. The maximum Gasteiger partial charge on any atom is 0.265 e. The van der Waals surface area contributed by atoms with E-state index in [-0.39, 0.29) is 17.5 Å². The van der Waals surface area contributed by atoms with E-state index in [9.17, 15) is 9.59 Å². The monoisotopic (exact) mass is 402 g/mol.